The highest BCUT2D eigenvalue weighted by atomic mass is 32.1. The largest absolute Gasteiger partial charge is 0.493 e. The number of methoxy groups -OCH3 is 2. The lowest BCUT2D eigenvalue weighted by atomic mass is 10.2. The van der Waals surface area contributed by atoms with E-state index in [9.17, 15) is 4.79 Å². The van der Waals surface area contributed by atoms with Crippen LogP contribution in [0.3, 0.4) is 0 Å². The number of anilines is 1. The minimum absolute atomic E-state index is 0.148. The average Bonchev–Trinajstić information content (AvgIpc) is 3.28. The van der Waals surface area contributed by atoms with Crippen LogP contribution in [0.4, 0.5) is 5.13 Å². The van der Waals surface area contributed by atoms with Gasteiger partial charge in [-0.2, -0.15) is 4.98 Å². The van der Waals surface area contributed by atoms with Crippen molar-refractivity contribution in [2.45, 2.75) is 19.8 Å². The van der Waals surface area contributed by atoms with E-state index in [1.807, 2.05) is 18.4 Å². The smallest absolute Gasteiger partial charge is 0.227 e. The average molecular weight is 374 g/mol. The molecule has 0 spiro atoms. The molecule has 1 N–H and O–H groups in total. The number of aryl methyl sites for hydroxylation is 2. The van der Waals surface area contributed by atoms with E-state index in [1.165, 1.54) is 11.3 Å². The second-order valence-corrected chi connectivity index (χ2v) is 6.28. The van der Waals surface area contributed by atoms with E-state index in [1.54, 1.807) is 26.4 Å². The summed E-state index contributed by atoms with van der Waals surface area (Å²) in [5, 5.41) is 9.17. The summed E-state index contributed by atoms with van der Waals surface area (Å²) in [6, 6.07) is 5.35. The normalized spacial score (nSPS) is 10.6. The molecule has 0 saturated carbocycles. The van der Waals surface area contributed by atoms with Gasteiger partial charge in [0.25, 0.3) is 0 Å². The molecule has 2 heterocycles. The number of aromatic nitrogens is 3. The highest BCUT2D eigenvalue weighted by molar-refractivity contribution is 7.13. The Morgan fingerprint density at radius 2 is 2.04 bits per heavy atom. The van der Waals surface area contributed by atoms with Crippen LogP contribution in [-0.4, -0.2) is 35.3 Å². The topological polar surface area (TPSA) is 99.4 Å². The van der Waals surface area contributed by atoms with Gasteiger partial charge in [-0.15, -0.1) is 11.3 Å². The van der Waals surface area contributed by atoms with Gasteiger partial charge in [-0.05, 0) is 25.1 Å². The van der Waals surface area contributed by atoms with Crippen molar-refractivity contribution >= 4 is 22.4 Å². The number of hydrogen-bond donors (Lipinski definition) is 1. The third-order valence-corrected chi connectivity index (χ3v) is 4.42. The van der Waals surface area contributed by atoms with Gasteiger partial charge < -0.3 is 19.3 Å². The zero-order valence-electron chi connectivity index (χ0n) is 14.6. The predicted octanol–water partition coefficient (Wildman–Crippen LogP) is 3.09. The Morgan fingerprint density at radius 3 is 2.73 bits per heavy atom. The molecule has 8 nitrogen and oxygen atoms in total. The summed E-state index contributed by atoms with van der Waals surface area (Å²) in [6.45, 7) is 1.88. The SMILES string of the molecule is COc1ccc(-c2noc(CCC(=O)Nc3nc(C)cs3)n2)cc1OC. The summed E-state index contributed by atoms with van der Waals surface area (Å²) in [5.74, 6) is 1.87. The van der Waals surface area contributed by atoms with Gasteiger partial charge in [0.2, 0.25) is 17.6 Å². The van der Waals surface area contributed by atoms with Gasteiger partial charge in [0, 0.05) is 23.8 Å². The molecule has 0 fully saturated rings. The van der Waals surface area contributed by atoms with E-state index in [2.05, 4.69) is 20.4 Å². The van der Waals surface area contributed by atoms with Crippen molar-refractivity contribution in [3.63, 3.8) is 0 Å². The molecule has 26 heavy (non-hydrogen) atoms. The van der Waals surface area contributed by atoms with E-state index in [0.29, 0.717) is 34.8 Å². The second-order valence-electron chi connectivity index (χ2n) is 5.42. The Hall–Kier alpha value is -2.94. The highest BCUT2D eigenvalue weighted by Gasteiger charge is 2.13. The van der Waals surface area contributed by atoms with Crippen molar-refractivity contribution in [2.75, 3.05) is 19.5 Å². The van der Waals surface area contributed by atoms with Crippen LogP contribution in [0.25, 0.3) is 11.4 Å². The number of rotatable bonds is 7. The lowest BCUT2D eigenvalue weighted by Gasteiger charge is -2.07. The predicted molar refractivity (Wildman–Crippen MR) is 96.6 cm³/mol. The molecule has 2 aromatic heterocycles. The molecule has 0 aliphatic rings. The zero-order valence-corrected chi connectivity index (χ0v) is 15.4. The number of thiazole rings is 1. The van der Waals surface area contributed by atoms with Crippen LogP contribution in [0.2, 0.25) is 0 Å². The fourth-order valence-electron chi connectivity index (χ4n) is 2.26. The molecule has 1 aromatic carbocycles. The summed E-state index contributed by atoms with van der Waals surface area (Å²) < 4.78 is 15.7. The lowest BCUT2D eigenvalue weighted by Crippen LogP contribution is -2.12. The number of nitrogens with zero attached hydrogens (tertiary/aromatic N) is 3. The number of nitrogens with one attached hydrogen (secondary N) is 1. The van der Waals surface area contributed by atoms with Gasteiger partial charge in [0.15, 0.2) is 16.6 Å². The Labute approximate surface area is 154 Å². The van der Waals surface area contributed by atoms with Crippen molar-refractivity contribution in [1.29, 1.82) is 0 Å². The van der Waals surface area contributed by atoms with Gasteiger partial charge in [0.05, 0.1) is 19.9 Å². The third-order valence-electron chi connectivity index (χ3n) is 3.54. The van der Waals surface area contributed by atoms with Crippen molar-refractivity contribution in [3.05, 3.63) is 35.2 Å². The number of carbonyl (C=O) groups excluding carboxylic acids is 1. The second kappa shape index (κ2) is 7.96. The maximum atomic E-state index is 12.0. The Bertz CT molecular complexity index is 906. The van der Waals surface area contributed by atoms with Gasteiger partial charge in [-0.25, -0.2) is 4.98 Å². The zero-order chi connectivity index (χ0) is 18.5. The van der Waals surface area contributed by atoms with Crippen LogP contribution in [0, 0.1) is 6.92 Å². The third kappa shape index (κ3) is 4.17. The van der Waals surface area contributed by atoms with E-state index in [4.69, 9.17) is 14.0 Å². The number of amides is 1. The van der Waals surface area contributed by atoms with E-state index in [-0.39, 0.29) is 12.3 Å². The van der Waals surface area contributed by atoms with Crippen molar-refractivity contribution in [2.24, 2.45) is 0 Å². The Kier molecular flexibility index (Phi) is 5.47. The summed E-state index contributed by atoms with van der Waals surface area (Å²) >= 11 is 1.39. The van der Waals surface area contributed by atoms with Crippen LogP contribution >= 0.6 is 11.3 Å². The maximum Gasteiger partial charge on any atom is 0.227 e. The number of ether oxygens (including phenoxy) is 2. The van der Waals surface area contributed by atoms with Crippen molar-refractivity contribution in [1.82, 2.24) is 15.1 Å². The molecule has 9 heteroatoms. The minimum atomic E-state index is -0.148. The first-order valence-corrected chi connectivity index (χ1v) is 8.74. The molecule has 136 valence electrons. The molecule has 0 bridgehead atoms. The molecule has 0 saturated heterocycles. The quantitative estimate of drug-likeness (QED) is 0.678. The van der Waals surface area contributed by atoms with Gasteiger partial charge in [-0.1, -0.05) is 5.16 Å². The standard InChI is InChI=1S/C17H18N4O4S/c1-10-9-26-17(18-10)19-14(22)6-7-15-20-16(21-25-15)11-4-5-12(23-2)13(8-11)24-3/h4-5,8-9H,6-7H2,1-3H3,(H,18,19,22). The van der Waals surface area contributed by atoms with Gasteiger partial charge in [-0.3, -0.25) is 4.79 Å². The lowest BCUT2D eigenvalue weighted by molar-refractivity contribution is -0.116. The molecule has 0 unspecified atom stereocenters. The molecular formula is C17H18N4O4S. The first kappa shape index (κ1) is 17.9. The molecule has 3 aromatic rings. The number of benzene rings is 1. The number of hydrogen-bond acceptors (Lipinski definition) is 8. The minimum Gasteiger partial charge on any atom is -0.493 e. The molecule has 0 aliphatic carbocycles. The maximum absolute atomic E-state index is 12.0. The van der Waals surface area contributed by atoms with Crippen molar-refractivity contribution < 1.29 is 18.8 Å². The summed E-state index contributed by atoms with van der Waals surface area (Å²) in [6.07, 6.45) is 0.572. The Morgan fingerprint density at radius 1 is 1.23 bits per heavy atom. The van der Waals surface area contributed by atoms with Crippen LogP contribution in [-0.2, 0) is 11.2 Å². The van der Waals surface area contributed by atoms with E-state index < -0.39 is 0 Å². The Balaban J connectivity index is 1.62. The summed E-state index contributed by atoms with van der Waals surface area (Å²) in [5.41, 5.74) is 1.61. The molecule has 0 radical (unpaired) electrons. The van der Waals surface area contributed by atoms with E-state index >= 15 is 0 Å². The van der Waals surface area contributed by atoms with Crippen LogP contribution in [0.1, 0.15) is 18.0 Å². The molecular weight excluding hydrogens is 356 g/mol. The van der Waals surface area contributed by atoms with Crippen molar-refractivity contribution in [3.8, 4) is 22.9 Å². The molecule has 0 aliphatic heterocycles. The monoisotopic (exact) mass is 374 g/mol. The molecule has 0 atom stereocenters. The fourth-order valence-corrected chi connectivity index (χ4v) is 2.97. The summed E-state index contributed by atoms with van der Waals surface area (Å²) in [4.78, 5) is 20.5. The first-order chi connectivity index (χ1) is 12.6. The first-order valence-electron chi connectivity index (χ1n) is 7.86. The van der Waals surface area contributed by atoms with Crippen LogP contribution in [0.15, 0.2) is 28.1 Å². The van der Waals surface area contributed by atoms with Gasteiger partial charge in [0.1, 0.15) is 0 Å². The highest BCUT2D eigenvalue weighted by Crippen LogP contribution is 2.31. The fraction of sp³-hybridized carbons (Fsp3) is 0.294. The number of carbonyl (C=O) groups is 1. The van der Waals surface area contributed by atoms with Crippen LogP contribution in [0.5, 0.6) is 11.5 Å². The molecule has 3 rings (SSSR count). The van der Waals surface area contributed by atoms with E-state index in [0.717, 1.165) is 11.3 Å². The van der Waals surface area contributed by atoms with Gasteiger partial charge >= 0.3 is 0 Å². The van der Waals surface area contributed by atoms with Crippen LogP contribution < -0.4 is 14.8 Å². The molecule has 1 amide bonds. The summed E-state index contributed by atoms with van der Waals surface area (Å²) in [7, 11) is 3.13.